The number of hydrogen-bond acceptors (Lipinski definition) is 2. The van der Waals surface area contributed by atoms with Crippen LogP contribution >= 0.6 is 0 Å². The Hall–Kier alpha value is -2.49. The van der Waals surface area contributed by atoms with Crippen LogP contribution in [0.5, 0.6) is 0 Å². The second-order valence-corrected chi connectivity index (χ2v) is 5.45. The van der Waals surface area contributed by atoms with Gasteiger partial charge < -0.3 is 14.1 Å². The van der Waals surface area contributed by atoms with Gasteiger partial charge in [0.2, 0.25) is 0 Å². The van der Waals surface area contributed by atoms with Crippen LogP contribution in [0.1, 0.15) is 35.9 Å². The number of aromatic nitrogens is 1. The maximum atomic E-state index is 11.4. The predicted octanol–water partition coefficient (Wildman–Crippen LogP) is 4.49. The zero-order valence-electron chi connectivity index (χ0n) is 12.3. The van der Waals surface area contributed by atoms with Crippen molar-refractivity contribution in [2.24, 2.45) is 0 Å². The van der Waals surface area contributed by atoms with Crippen molar-refractivity contribution in [3.8, 4) is 11.5 Å². The van der Waals surface area contributed by atoms with Gasteiger partial charge in [-0.15, -0.1) is 0 Å². The molecule has 0 amide bonds. The lowest BCUT2D eigenvalue weighted by atomic mass is 10.2. The SMILES string of the molecule is Cc1c(C(=O)O)cc(-c2cc3ccccc3o2)n1C(C)C. The van der Waals surface area contributed by atoms with E-state index < -0.39 is 5.97 Å². The smallest absolute Gasteiger partial charge is 0.337 e. The summed E-state index contributed by atoms with van der Waals surface area (Å²) in [7, 11) is 0. The molecule has 2 aromatic heterocycles. The van der Waals surface area contributed by atoms with Crippen molar-refractivity contribution in [3.05, 3.63) is 47.7 Å². The van der Waals surface area contributed by atoms with E-state index in [1.54, 1.807) is 6.07 Å². The first-order valence-electron chi connectivity index (χ1n) is 6.93. The minimum absolute atomic E-state index is 0.154. The van der Waals surface area contributed by atoms with Crippen molar-refractivity contribution in [1.82, 2.24) is 4.57 Å². The van der Waals surface area contributed by atoms with Crippen molar-refractivity contribution < 1.29 is 14.3 Å². The molecule has 0 spiro atoms. The third kappa shape index (κ3) is 2.13. The highest BCUT2D eigenvalue weighted by atomic mass is 16.4. The lowest BCUT2D eigenvalue weighted by Gasteiger charge is -2.14. The molecule has 4 nitrogen and oxygen atoms in total. The Labute approximate surface area is 122 Å². The van der Waals surface area contributed by atoms with Crippen molar-refractivity contribution in [2.45, 2.75) is 26.8 Å². The molecule has 0 saturated carbocycles. The molecule has 0 bridgehead atoms. The Kier molecular flexibility index (Phi) is 3.09. The van der Waals surface area contributed by atoms with Gasteiger partial charge in [0.05, 0.1) is 11.3 Å². The van der Waals surface area contributed by atoms with Gasteiger partial charge in [-0.3, -0.25) is 0 Å². The molecule has 3 rings (SSSR count). The van der Waals surface area contributed by atoms with Gasteiger partial charge in [-0.2, -0.15) is 0 Å². The molecule has 0 fully saturated rings. The van der Waals surface area contributed by atoms with Crippen molar-refractivity contribution in [3.63, 3.8) is 0 Å². The topological polar surface area (TPSA) is 55.4 Å². The van der Waals surface area contributed by atoms with Crippen LogP contribution in [0.25, 0.3) is 22.4 Å². The van der Waals surface area contributed by atoms with Gasteiger partial charge in [-0.05, 0) is 39.0 Å². The van der Waals surface area contributed by atoms with Crippen LogP contribution in [-0.4, -0.2) is 15.6 Å². The van der Waals surface area contributed by atoms with Crippen LogP contribution in [-0.2, 0) is 0 Å². The van der Waals surface area contributed by atoms with Crippen LogP contribution in [0.3, 0.4) is 0 Å². The van der Waals surface area contributed by atoms with Crippen LogP contribution in [0.15, 0.2) is 40.8 Å². The average Bonchev–Trinajstić information content (AvgIpc) is 2.98. The van der Waals surface area contributed by atoms with Gasteiger partial charge in [0.15, 0.2) is 5.76 Å². The van der Waals surface area contributed by atoms with E-state index in [4.69, 9.17) is 4.42 Å². The van der Waals surface area contributed by atoms with E-state index in [2.05, 4.69) is 0 Å². The van der Waals surface area contributed by atoms with Crippen LogP contribution in [0, 0.1) is 6.92 Å². The fourth-order valence-corrected chi connectivity index (χ4v) is 2.80. The number of para-hydroxylation sites is 1. The molecule has 3 aromatic rings. The molecule has 0 aliphatic heterocycles. The number of carboxylic acid groups (broad SMARTS) is 1. The zero-order valence-corrected chi connectivity index (χ0v) is 12.3. The van der Waals surface area contributed by atoms with E-state index in [-0.39, 0.29) is 6.04 Å². The Balaban J connectivity index is 2.25. The van der Waals surface area contributed by atoms with E-state index in [1.165, 1.54) is 0 Å². The number of rotatable bonds is 3. The number of carboxylic acids is 1. The number of nitrogens with zero attached hydrogens (tertiary/aromatic N) is 1. The molecule has 108 valence electrons. The second kappa shape index (κ2) is 4.81. The molecule has 1 N–H and O–H groups in total. The highest BCUT2D eigenvalue weighted by molar-refractivity contribution is 5.91. The van der Waals surface area contributed by atoms with Gasteiger partial charge in [-0.1, -0.05) is 18.2 Å². The van der Waals surface area contributed by atoms with Gasteiger partial charge >= 0.3 is 5.97 Å². The lowest BCUT2D eigenvalue weighted by molar-refractivity contribution is 0.0696. The number of furan rings is 1. The summed E-state index contributed by atoms with van der Waals surface area (Å²) in [5.74, 6) is -0.218. The molecular formula is C17H17NO3. The molecular weight excluding hydrogens is 266 g/mol. The molecule has 0 aliphatic rings. The van der Waals surface area contributed by atoms with E-state index in [1.807, 2.05) is 55.7 Å². The molecule has 4 heteroatoms. The summed E-state index contributed by atoms with van der Waals surface area (Å²) >= 11 is 0. The number of hydrogen-bond donors (Lipinski definition) is 1. The number of aromatic carboxylic acids is 1. The van der Waals surface area contributed by atoms with Gasteiger partial charge in [0, 0.05) is 17.1 Å². The fraction of sp³-hybridized carbons (Fsp3) is 0.235. The largest absolute Gasteiger partial charge is 0.478 e. The number of fused-ring (bicyclic) bond motifs is 1. The molecule has 0 saturated heterocycles. The second-order valence-electron chi connectivity index (χ2n) is 5.45. The summed E-state index contributed by atoms with van der Waals surface area (Å²) in [6.45, 7) is 5.89. The maximum Gasteiger partial charge on any atom is 0.337 e. The highest BCUT2D eigenvalue weighted by Gasteiger charge is 2.21. The predicted molar refractivity (Wildman–Crippen MR) is 81.7 cm³/mol. The molecule has 0 radical (unpaired) electrons. The molecule has 21 heavy (non-hydrogen) atoms. The van der Waals surface area contributed by atoms with E-state index in [0.29, 0.717) is 11.3 Å². The molecule has 2 heterocycles. The lowest BCUT2D eigenvalue weighted by Crippen LogP contribution is -2.06. The molecule has 1 aromatic carbocycles. The maximum absolute atomic E-state index is 11.4. The summed E-state index contributed by atoms with van der Waals surface area (Å²) in [5.41, 5.74) is 2.67. The van der Waals surface area contributed by atoms with E-state index in [0.717, 1.165) is 22.4 Å². The Bertz CT molecular complexity index is 791. The standard InChI is InChI=1S/C17H17NO3/c1-10(2)18-11(3)13(17(19)20)9-14(18)16-8-12-6-4-5-7-15(12)21-16/h4-10H,1-3H3,(H,19,20). The minimum atomic E-state index is -0.913. The number of carbonyl (C=O) groups is 1. The summed E-state index contributed by atoms with van der Waals surface area (Å²) in [5, 5.41) is 10.3. The highest BCUT2D eigenvalue weighted by Crippen LogP contribution is 2.33. The summed E-state index contributed by atoms with van der Waals surface area (Å²) in [4.78, 5) is 11.4. The molecule has 0 unspecified atom stereocenters. The Morgan fingerprint density at radius 3 is 2.57 bits per heavy atom. The van der Waals surface area contributed by atoms with E-state index >= 15 is 0 Å². The fourth-order valence-electron chi connectivity index (χ4n) is 2.80. The summed E-state index contributed by atoms with van der Waals surface area (Å²) in [6, 6.07) is 11.6. The van der Waals surface area contributed by atoms with Crippen LogP contribution in [0.4, 0.5) is 0 Å². The van der Waals surface area contributed by atoms with Gasteiger partial charge in [0.1, 0.15) is 5.58 Å². The summed E-state index contributed by atoms with van der Waals surface area (Å²) < 4.78 is 7.88. The van der Waals surface area contributed by atoms with Gasteiger partial charge in [-0.25, -0.2) is 4.79 Å². The van der Waals surface area contributed by atoms with Crippen molar-refractivity contribution in [2.75, 3.05) is 0 Å². The molecule has 0 aliphatic carbocycles. The number of benzene rings is 1. The first kappa shape index (κ1) is 13.5. The van der Waals surface area contributed by atoms with Gasteiger partial charge in [0.25, 0.3) is 0 Å². The molecule has 0 atom stereocenters. The average molecular weight is 283 g/mol. The van der Waals surface area contributed by atoms with Crippen LogP contribution in [0.2, 0.25) is 0 Å². The monoisotopic (exact) mass is 283 g/mol. The van der Waals surface area contributed by atoms with Crippen LogP contribution < -0.4 is 0 Å². The summed E-state index contributed by atoms with van der Waals surface area (Å²) in [6.07, 6.45) is 0. The Morgan fingerprint density at radius 1 is 1.24 bits per heavy atom. The third-order valence-electron chi connectivity index (χ3n) is 3.72. The van der Waals surface area contributed by atoms with Crippen molar-refractivity contribution >= 4 is 16.9 Å². The Morgan fingerprint density at radius 2 is 1.95 bits per heavy atom. The van der Waals surface area contributed by atoms with E-state index in [9.17, 15) is 9.90 Å². The zero-order chi connectivity index (χ0) is 15.1. The quantitative estimate of drug-likeness (QED) is 0.770. The minimum Gasteiger partial charge on any atom is -0.478 e. The normalized spacial score (nSPS) is 11.4. The first-order valence-corrected chi connectivity index (χ1v) is 6.93. The van der Waals surface area contributed by atoms with Crippen molar-refractivity contribution in [1.29, 1.82) is 0 Å². The first-order chi connectivity index (χ1) is 9.99. The third-order valence-corrected chi connectivity index (χ3v) is 3.72.